The predicted octanol–water partition coefficient (Wildman–Crippen LogP) is 4.25. The minimum absolute atomic E-state index is 0.201. The number of hydrogen-bond donors (Lipinski definition) is 0. The van der Waals surface area contributed by atoms with Crippen LogP contribution in [0.4, 0.5) is 4.79 Å². The first-order valence-electron chi connectivity index (χ1n) is 9.48. The zero-order chi connectivity index (χ0) is 20.3. The molecular formula is C21H27NO6. The fourth-order valence-corrected chi connectivity index (χ4v) is 3.17. The molecule has 28 heavy (non-hydrogen) atoms. The van der Waals surface area contributed by atoms with E-state index in [4.69, 9.17) is 18.9 Å². The van der Waals surface area contributed by atoms with E-state index in [0.717, 1.165) is 24.6 Å². The molecule has 0 radical (unpaired) electrons. The Labute approximate surface area is 164 Å². The van der Waals surface area contributed by atoms with Gasteiger partial charge in [-0.2, -0.15) is 0 Å². The quantitative estimate of drug-likeness (QED) is 0.728. The highest BCUT2D eigenvalue weighted by Gasteiger charge is 2.24. The Hall–Kier alpha value is -2.38. The first kappa shape index (κ1) is 20.4. The van der Waals surface area contributed by atoms with Gasteiger partial charge in [0, 0.05) is 12.0 Å². The zero-order valence-corrected chi connectivity index (χ0v) is 16.8. The molecule has 2 heterocycles. The van der Waals surface area contributed by atoms with Crippen molar-refractivity contribution >= 4 is 23.0 Å². The molecule has 0 spiro atoms. The van der Waals surface area contributed by atoms with Gasteiger partial charge in [0.15, 0.2) is 6.29 Å². The fourth-order valence-electron chi connectivity index (χ4n) is 3.17. The summed E-state index contributed by atoms with van der Waals surface area (Å²) in [6.45, 7) is 6.34. The van der Waals surface area contributed by atoms with E-state index in [2.05, 4.69) is 0 Å². The van der Waals surface area contributed by atoms with E-state index in [9.17, 15) is 9.59 Å². The maximum atomic E-state index is 12.8. The van der Waals surface area contributed by atoms with Gasteiger partial charge in [0.2, 0.25) is 0 Å². The van der Waals surface area contributed by atoms with Gasteiger partial charge in [-0.25, -0.2) is 14.2 Å². The second-order valence-electron chi connectivity index (χ2n) is 7.82. The molecule has 1 aliphatic heterocycles. The molecule has 7 nitrogen and oxygen atoms in total. The number of fused-ring (bicyclic) bond motifs is 1. The summed E-state index contributed by atoms with van der Waals surface area (Å²) in [5, 5.41) is 0.733. The number of aromatic nitrogens is 1. The molecule has 152 valence electrons. The van der Waals surface area contributed by atoms with Crippen LogP contribution in [0.2, 0.25) is 0 Å². The summed E-state index contributed by atoms with van der Waals surface area (Å²) in [4.78, 5) is 24.7. The molecule has 0 N–H and O–H groups in total. The molecule has 0 aliphatic carbocycles. The molecule has 2 aromatic rings. The lowest BCUT2D eigenvalue weighted by Gasteiger charge is -2.24. The average molecular weight is 389 g/mol. The summed E-state index contributed by atoms with van der Waals surface area (Å²) in [6.07, 6.45) is 2.16. The summed E-state index contributed by atoms with van der Waals surface area (Å²) in [7, 11) is 1.34. The molecule has 0 saturated carbocycles. The predicted molar refractivity (Wildman–Crippen MR) is 103 cm³/mol. The molecule has 1 aliphatic rings. The lowest BCUT2D eigenvalue weighted by atomic mass is 10.1. The van der Waals surface area contributed by atoms with Gasteiger partial charge < -0.3 is 18.9 Å². The molecule has 1 saturated heterocycles. The molecule has 3 rings (SSSR count). The largest absolute Gasteiger partial charge is 0.465 e. The molecule has 0 amide bonds. The third-order valence-electron chi connectivity index (χ3n) is 4.43. The van der Waals surface area contributed by atoms with Crippen LogP contribution in [0.5, 0.6) is 0 Å². The number of hydrogen-bond acceptors (Lipinski definition) is 6. The minimum atomic E-state index is -0.635. The summed E-state index contributed by atoms with van der Waals surface area (Å²) in [6, 6.07) is 6.87. The Balaban J connectivity index is 1.94. The number of carbonyl (C=O) groups excluding carboxylic acids is 2. The highest BCUT2D eigenvalue weighted by atomic mass is 16.7. The Morgan fingerprint density at radius 1 is 1.21 bits per heavy atom. The van der Waals surface area contributed by atoms with E-state index in [1.54, 1.807) is 18.2 Å². The van der Waals surface area contributed by atoms with Crippen molar-refractivity contribution < 1.29 is 28.5 Å². The van der Waals surface area contributed by atoms with Crippen LogP contribution in [-0.4, -0.2) is 42.2 Å². The van der Waals surface area contributed by atoms with Gasteiger partial charge in [0.1, 0.15) is 5.60 Å². The Bertz CT molecular complexity index is 858. The number of benzene rings is 1. The van der Waals surface area contributed by atoms with E-state index in [1.807, 2.05) is 26.8 Å². The third kappa shape index (κ3) is 4.72. The molecule has 1 aromatic heterocycles. The van der Waals surface area contributed by atoms with E-state index < -0.39 is 17.7 Å². The smallest absolute Gasteiger partial charge is 0.419 e. The first-order chi connectivity index (χ1) is 13.3. The fraction of sp³-hybridized carbons (Fsp3) is 0.524. The van der Waals surface area contributed by atoms with Crippen LogP contribution >= 0.6 is 0 Å². The highest BCUT2D eigenvalue weighted by molar-refractivity contribution is 5.97. The van der Waals surface area contributed by atoms with E-state index in [-0.39, 0.29) is 12.9 Å². The Morgan fingerprint density at radius 3 is 2.64 bits per heavy atom. The van der Waals surface area contributed by atoms with Crippen LogP contribution in [0.25, 0.3) is 10.9 Å². The standard InChI is InChI=1S/C21H27NO6/c1-21(2,3)28-20(24)22-16(13-27-18-7-5-6-10-26-18)12-15-11-14(19(23)25-4)8-9-17(15)22/h8-9,11-12,18H,5-7,10,13H2,1-4H3. The lowest BCUT2D eigenvalue weighted by Crippen LogP contribution is -2.28. The van der Waals surface area contributed by atoms with Crippen LogP contribution in [0.3, 0.4) is 0 Å². The van der Waals surface area contributed by atoms with Crippen molar-refractivity contribution in [2.45, 2.75) is 58.5 Å². The summed E-state index contributed by atoms with van der Waals surface area (Å²) >= 11 is 0. The average Bonchev–Trinajstić information content (AvgIpc) is 3.02. The van der Waals surface area contributed by atoms with Crippen molar-refractivity contribution in [1.82, 2.24) is 4.57 Å². The van der Waals surface area contributed by atoms with Crippen molar-refractivity contribution in [3.8, 4) is 0 Å². The van der Waals surface area contributed by atoms with Gasteiger partial charge in [0.05, 0.1) is 30.5 Å². The maximum absolute atomic E-state index is 12.8. The summed E-state index contributed by atoms with van der Waals surface area (Å²) in [5.41, 5.74) is 1.06. The lowest BCUT2D eigenvalue weighted by molar-refractivity contribution is -0.169. The van der Waals surface area contributed by atoms with E-state index in [1.165, 1.54) is 11.7 Å². The number of carbonyl (C=O) groups is 2. The van der Waals surface area contributed by atoms with Crippen molar-refractivity contribution in [2.24, 2.45) is 0 Å². The van der Waals surface area contributed by atoms with Crippen LogP contribution in [0, 0.1) is 0 Å². The molecule has 1 unspecified atom stereocenters. The maximum Gasteiger partial charge on any atom is 0.419 e. The van der Waals surface area contributed by atoms with E-state index in [0.29, 0.717) is 23.4 Å². The van der Waals surface area contributed by atoms with Gasteiger partial charge in [-0.1, -0.05) is 0 Å². The summed E-state index contributed by atoms with van der Waals surface area (Å²) in [5.74, 6) is -0.430. The topological polar surface area (TPSA) is 76.0 Å². The molecule has 1 fully saturated rings. The van der Waals surface area contributed by atoms with Crippen LogP contribution in [-0.2, 0) is 25.6 Å². The number of ether oxygens (including phenoxy) is 4. The third-order valence-corrected chi connectivity index (χ3v) is 4.43. The van der Waals surface area contributed by atoms with Crippen molar-refractivity contribution in [1.29, 1.82) is 0 Å². The van der Waals surface area contributed by atoms with E-state index >= 15 is 0 Å². The molecular weight excluding hydrogens is 362 g/mol. The Kier molecular flexibility index (Phi) is 6.05. The first-order valence-corrected chi connectivity index (χ1v) is 9.48. The van der Waals surface area contributed by atoms with Gasteiger partial charge in [-0.15, -0.1) is 0 Å². The summed E-state index contributed by atoms with van der Waals surface area (Å²) < 4.78 is 23.3. The number of nitrogens with zero attached hydrogens (tertiary/aromatic N) is 1. The number of esters is 1. The molecule has 1 atom stereocenters. The monoisotopic (exact) mass is 389 g/mol. The number of methoxy groups -OCH3 is 1. The minimum Gasteiger partial charge on any atom is -0.465 e. The van der Waals surface area contributed by atoms with Gasteiger partial charge >= 0.3 is 12.1 Å². The van der Waals surface area contributed by atoms with Crippen molar-refractivity contribution in [3.05, 3.63) is 35.5 Å². The zero-order valence-electron chi connectivity index (χ0n) is 16.8. The normalized spacial score (nSPS) is 17.5. The highest BCUT2D eigenvalue weighted by Crippen LogP contribution is 2.25. The van der Waals surface area contributed by atoms with Crippen LogP contribution in [0.1, 0.15) is 56.1 Å². The second-order valence-corrected chi connectivity index (χ2v) is 7.82. The van der Waals surface area contributed by atoms with Crippen molar-refractivity contribution in [2.75, 3.05) is 13.7 Å². The Morgan fingerprint density at radius 2 is 2.00 bits per heavy atom. The molecule has 7 heteroatoms. The van der Waals surface area contributed by atoms with Crippen LogP contribution in [0.15, 0.2) is 24.3 Å². The molecule has 1 aromatic carbocycles. The van der Waals surface area contributed by atoms with Gasteiger partial charge in [0.25, 0.3) is 0 Å². The number of rotatable bonds is 4. The van der Waals surface area contributed by atoms with Crippen LogP contribution < -0.4 is 0 Å². The van der Waals surface area contributed by atoms with Gasteiger partial charge in [-0.05, 0) is 64.3 Å². The second kappa shape index (κ2) is 8.32. The molecule has 0 bridgehead atoms. The van der Waals surface area contributed by atoms with Gasteiger partial charge in [-0.3, -0.25) is 0 Å². The SMILES string of the molecule is COC(=O)c1ccc2c(c1)cc(COC1CCCCO1)n2C(=O)OC(C)(C)C. The van der Waals surface area contributed by atoms with Crippen molar-refractivity contribution in [3.63, 3.8) is 0 Å².